The van der Waals surface area contributed by atoms with Crippen molar-refractivity contribution in [1.29, 1.82) is 0 Å². The van der Waals surface area contributed by atoms with Crippen molar-refractivity contribution in [3.8, 4) is 0 Å². The van der Waals surface area contributed by atoms with Crippen LogP contribution in [-0.2, 0) is 6.42 Å². The van der Waals surface area contributed by atoms with Crippen LogP contribution in [0.4, 0.5) is 0 Å². The highest BCUT2D eigenvalue weighted by Crippen LogP contribution is 2.08. The highest BCUT2D eigenvalue weighted by Gasteiger charge is 2.04. The Kier molecular flexibility index (Phi) is 3.34. The molecule has 0 saturated heterocycles. The molecule has 1 N–H and O–H groups in total. The van der Waals surface area contributed by atoms with Crippen molar-refractivity contribution in [2.45, 2.75) is 6.42 Å². The maximum Gasteiger partial charge on any atom is 0.0911 e. The molecule has 80 valence electrons. The van der Waals surface area contributed by atoms with E-state index in [0.29, 0.717) is 12.1 Å². The molecule has 0 fully saturated rings. The van der Waals surface area contributed by atoms with E-state index in [1.54, 1.807) is 0 Å². The highest BCUT2D eigenvalue weighted by atomic mass is 16.7. The van der Waals surface area contributed by atoms with Gasteiger partial charge in [-0.1, -0.05) is 65.8 Å². The molecule has 2 heteroatoms. The summed E-state index contributed by atoms with van der Waals surface area (Å²) in [5, 5.41) is 12.4. The number of hydrogen-bond acceptors (Lipinski definition) is 2. The minimum Gasteiger partial charge on any atom is -0.411 e. The van der Waals surface area contributed by atoms with E-state index in [9.17, 15) is 0 Å². The van der Waals surface area contributed by atoms with E-state index in [2.05, 4.69) is 5.16 Å². The molecule has 2 rings (SSSR count). The third-order valence-corrected chi connectivity index (χ3v) is 2.44. The molecule has 0 radical (unpaired) electrons. The normalized spacial score (nSPS) is 11.4. The van der Waals surface area contributed by atoms with Crippen LogP contribution < -0.4 is 0 Å². The summed E-state index contributed by atoms with van der Waals surface area (Å²) in [7, 11) is 0. The van der Waals surface area contributed by atoms with E-state index < -0.39 is 0 Å². The molecule has 2 aromatic rings. The molecular formula is C14H13NO. The van der Waals surface area contributed by atoms with Crippen LogP contribution >= 0.6 is 0 Å². The summed E-state index contributed by atoms with van der Waals surface area (Å²) in [6, 6.07) is 19.7. The molecule has 2 nitrogen and oxygen atoms in total. The second-order valence-electron chi connectivity index (χ2n) is 3.58. The van der Waals surface area contributed by atoms with Gasteiger partial charge in [-0.05, 0) is 11.1 Å². The molecular weight excluding hydrogens is 199 g/mol. The fourth-order valence-corrected chi connectivity index (χ4v) is 1.61. The van der Waals surface area contributed by atoms with Crippen LogP contribution in [0, 0.1) is 0 Å². The Morgan fingerprint density at radius 2 is 1.44 bits per heavy atom. The fourth-order valence-electron chi connectivity index (χ4n) is 1.61. The lowest BCUT2D eigenvalue weighted by Crippen LogP contribution is -2.04. The van der Waals surface area contributed by atoms with Crippen LogP contribution in [0.3, 0.4) is 0 Å². The first-order valence-corrected chi connectivity index (χ1v) is 5.20. The molecule has 0 aliphatic rings. The molecule has 0 bridgehead atoms. The lowest BCUT2D eigenvalue weighted by atomic mass is 10.0. The standard InChI is InChI=1S/C14H13NO/c16-15-14(13-9-5-2-6-10-13)11-12-7-3-1-4-8-12/h1-10,16H,11H2/b15-14+/i15+1. The van der Waals surface area contributed by atoms with E-state index in [1.165, 1.54) is 0 Å². The average molecular weight is 212 g/mol. The summed E-state index contributed by atoms with van der Waals surface area (Å²) in [6.45, 7) is 0. The zero-order valence-corrected chi connectivity index (χ0v) is 8.88. The zero-order chi connectivity index (χ0) is 11.2. The van der Waals surface area contributed by atoms with E-state index in [0.717, 1.165) is 11.1 Å². The van der Waals surface area contributed by atoms with Gasteiger partial charge in [-0.3, -0.25) is 0 Å². The quantitative estimate of drug-likeness (QED) is 0.360. The van der Waals surface area contributed by atoms with Crippen LogP contribution in [-0.4, -0.2) is 10.9 Å². The summed E-state index contributed by atoms with van der Waals surface area (Å²) in [5.41, 5.74) is 2.78. The van der Waals surface area contributed by atoms with Gasteiger partial charge < -0.3 is 5.21 Å². The highest BCUT2D eigenvalue weighted by molar-refractivity contribution is 6.01. The van der Waals surface area contributed by atoms with Gasteiger partial charge in [-0.25, -0.2) is 0 Å². The first-order valence-electron chi connectivity index (χ1n) is 5.20. The molecule has 0 saturated carbocycles. The third kappa shape index (κ3) is 2.48. The summed E-state index contributed by atoms with van der Waals surface area (Å²) >= 11 is 0. The van der Waals surface area contributed by atoms with Crippen molar-refractivity contribution >= 4 is 5.71 Å². The van der Waals surface area contributed by atoms with Crippen LogP contribution in [0.15, 0.2) is 65.8 Å². The van der Waals surface area contributed by atoms with Crippen LogP contribution in [0.2, 0.25) is 0 Å². The SMILES string of the molecule is O/[15N]=C(\Cc1ccccc1)c1ccccc1. The van der Waals surface area contributed by atoms with Gasteiger partial charge in [0.25, 0.3) is 0 Å². The Labute approximate surface area is 94.9 Å². The second-order valence-corrected chi connectivity index (χ2v) is 3.58. The maximum absolute atomic E-state index is 9.03. The van der Waals surface area contributed by atoms with Crippen LogP contribution in [0.25, 0.3) is 0 Å². The Morgan fingerprint density at radius 1 is 0.875 bits per heavy atom. The van der Waals surface area contributed by atoms with Gasteiger partial charge in [0.2, 0.25) is 0 Å². The molecule has 0 unspecified atom stereocenters. The van der Waals surface area contributed by atoms with Crippen LogP contribution in [0.5, 0.6) is 0 Å². The molecule has 0 aliphatic carbocycles. The second kappa shape index (κ2) is 5.12. The molecule has 16 heavy (non-hydrogen) atoms. The van der Waals surface area contributed by atoms with Crippen molar-refractivity contribution in [3.05, 3.63) is 71.8 Å². The van der Waals surface area contributed by atoms with Gasteiger partial charge in [-0.15, -0.1) is 0 Å². The molecule has 0 aromatic heterocycles. The molecule has 0 atom stereocenters. The van der Waals surface area contributed by atoms with Crippen molar-refractivity contribution in [2.24, 2.45) is 5.16 Å². The Hall–Kier alpha value is -2.09. The van der Waals surface area contributed by atoms with E-state index >= 15 is 0 Å². The molecule has 0 spiro atoms. The van der Waals surface area contributed by atoms with Crippen molar-refractivity contribution < 1.29 is 5.21 Å². The van der Waals surface area contributed by atoms with Gasteiger partial charge in [0.1, 0.15) is 0 Å². The van der Waals surface area contributed by atoms with Crippen molar-refractivity contribution in [3.63, 3.8) is 0 Å². The zero-order valence-electron chi connectivity index (χ0n) is 8.88. The Balaban J connectivity index is 2.20. The van der Waals surface area contributed by atoms with Crippen LogP contribution in [0.1, 0.15) is 11.1 Å². The number of oxime groups is 1. The van der Waals surface area contributed by atoms with E-state index in [1.807, 2.05) is 60.7 Å². The van der Waals surface area contributed by atoms with Crippen molar-refractivity contribution in [2.75, 3.05) is 0 Å². The van der Waals surface area contributed by atoms with Crippen molar-refractivity contribution in [1.82, 2.24) is 0 Å². The summed E-state index contributed by atoms with van der Waals surface area (Å²) in [4.78, 5) is 0. The fraction of sp³-hybridized carbons (Fsp3) is 0.0714. The minimum atomic E-state index is 0.640. The minimum absolute atomic E-state index is 0.640. The first-order chi connectivity index (χ1) is 7.90. The van der Waals surface area contributed by atoms with Gasteiger partial charge in [-0.2, -0.15) is 0 Å². The van der Waals surface area contributed by atoms with E-state index in [-0.39, 0.29) is 0 Å². The first kappa shape index (κ1) is 10.4. The van der Waals surface area contributed by atoms with E-state index in [4.69, 9.17) is 5.21 Å². The summed E-state index contributed by atoms with van der Waals surface area (Å²) in [6.07, 6.45) is 0.640. The molecule has 0 aliphatic heterocycles. The summed E-state index contributed by atoms with van der Waals surface area (Å²) < 4.78 is 0. The predicted molar refractivity (Wildman–Crippen MR) is 64.9 cm³/mol. The largest absolute Gasteiger partial charge is 0.411 e. The third-order valence-electron chi connectivity index (χ3n) is 2.44. The number of benzene rings is 2. The Bertz CT molecular complexity index is 463. The monoisotopic (exact) mass is 212 g/mol. The molecule has 0 amide bonds. The van der Waals surface area contributed by atoms with Gasteiger partial charge in [0, 0.05) is 6.42 Å². The number of hydrogen-bond donors (Lipinski definition) is 1. The maximum atomic E-state index is 9.03. The van der Waals surface area contributed by atoms with Gasteiger partial charge in [0.05, 0.1) is 5.71 Å². The summed E-state index contributed by atoms with van der Waals surface area (Å²) in [5.74, 6) is 0. The molecule has 2 aromatic carbocycles. The predicted octanol–water partition coefficient (Wildman–Crippen LogP) is 3.11. The van der Waals surface area contributed by atoms with Gasteiger partial charge >= 0.3 is 0 Å². The lowest BCUT2D eigenvalue weighted by molar-refractivity contribution is 0.318. The number of nitrogens with zero attached hydrogens (tertiary/aromatic N) is 1. The average Bonchev–Trinajstić information content (AvgIpc) is 2.38. The lowest BCUT2D eigenvalue weighted by Gasteiger charge is -2.04. The number of rotatable bonds is 3. The molecule has 0 heterocycles. The topological polar surface area (TPSA) is 32.6 Å². The smallest absolute Gasteiger partial charge is 0.0911 e. The van der Waals surface area contributed by atoms with Gasteiger partial charge in [0.15, 0.2) is 0 Å². The Morgan fingerprint density at radius 3 is 2.00 bits per heavy atom.